The normalized spacial score (nSPS) is 21.6. The Hall–Kier alpha value is -0.890. The second-order valence-corrected chi connectivity index (χ2v) is 9.19. The minimum atomic E-state index is -2.61. The van der Waals surface area contributed by atoms with Crippen LogP contribution in [0.15, 0.2) is 60.7 Å². The first kappa shape index (κ1) is 16.0. The van der Waals surface area contributed by atoms with Gasteiger partial charge in [-0.2, -0.15) is 0 Å². The molecule has 1 heterocycles. The highest BCUT2D eigenvalue weighted by Crippen LogP contribution is 2.55. The van der Waals surface area contributed by atoms with E-state index in [0.717, 1.165) is 35.6 Å². The molecule has 2 aromatic carbocycles. The molecule has 116 valence electrons. The maximum atomic E-state index is 14.1. The van der Waals surface area contributed by atoms with E-state index in [1.54, 1.807) is 0 Å². The molecule has 0 radical (unpaired) electrons. The molecule has 0 bridgehead atoms. The smallest absolute Gasteiger partial charge is 0.183 e. The topological polar surface area (TPSA) is 20.3 Å². The summed E-state index contributed by atoms with van der Waals surface area (Å²) >= 11 is 3.60. The molecule has 22 heavy (non-hydrogen) atoms. The summed E-state index contributed by atoms with van der Waals surface area (Å²) in [5.74, 6) is 0. The number of rotatable bonds is 5. The molecule has 1 aliphatic heterocycles. The van der Waals surface area contributed by atoms with E-state index >= 15 is 0 Å². The highest BCUT2D eigenvalue weighted by Gasteiger charge is 2.39. The molecule has 4 heteroatoms. The number of hydrogen-bond donors (Lipinski definition) is 0. The Balaban J connectivity index is 2.00. The first-order valence-electron chi connectivity index (χ1n) is 7.76. The van der Waals surface area contributed by atoms with Crippen molar-refractivity contribution in [3.63, 3.8) is 0 Å². The molecular formula is C18H21BrNOP. The summed E-state index contributed by atoms with van der Waals surface area (Å²) in [6, 6.07) is 20.6. The van der Waals surface area contributed by atoms with Gasteiger partial charge in [0.15, 0.2) is 7.29 Å². The lowest BCUT2D eigenvalue weighted by atomic mass is 10.2. The summed E-state index contributed by atoms with van der Waals surface area (Å²) in [6.45, 7) is 0.926. The quantitative estimate of drug-likeness (QED) is 0.558. The maximum absolute atomic E-state index is 14.1. The Morgan fingerprint density at radius 3 is 2.32 bits per heavy atom. The van der Waals surface area contributed by atoms with Gasteiger partial charge in [0.2, 0.25) is 0 Å². The van der Waals surface area contributed by atoms with Gasteiger partial charge in [0.05, 0.1) is 0 Å². The summed E-state index contributed by atoms with van der Waals surface area (Å²) in [5.41, 5.74) is 1.15. The monoisotopic (exact) mass is 377 g/mol. The van der Waals surface area contributed by atoms with Crippen LogP contribution in [0.1, 0.15) is 18.4 Å². The minimum Gasteiger partial charge on any atom is -0.301 e. The molecular weight excluding hydrogens is 357 g/mol. The van der Waals surface area contributed by atoms with Crippen LogP contribution in [0.25, 0.3) is 0 Å². The van der Waals surface area contributed by atoms with Gasteiger partial charge in [-0.1, -0.05) is 76.6 Å². The Morgan fingerprint density at radius 1 is 1.05 bits per heavy atom. The van der Waals surface area contributed by atoms with Crippen LogP contribution in [-0.2, 0) is 10.7 Å². The van der Waals surface area contributed by atoms with E-state index < -0.39 is 7.29 Å². The number of benzene rings is 2. The predicted molar refractivity (Wildman–Crippen MR) is 97.4 cm³/mol. The average Bonchev–Trinajstić information content (AvgIpc) is 3.06. The highest BCUT2D eigenvalue weighted by atomic mass is 79.9. The Bertz CT molecular complexity index is 647. The molecule has 2 aromatic rings. The van der Waals surface area contributed by atoms with Crippen molar-refractivity contribution in [1.82, 2.24) is 4.67 Å². The van der Waals surface area contributed by atoms with Crippen LogP contribution < -0.4 is 5.30 Å². The number of nitrogens with zero attached hydrogens (tertiary/aromatic N) is 1. The van der Waals surface area contributed by atoms with E-state index in [4.69, 9.17) is 0 Å². The van der Waals surface area contributed by atoms with Crippen LogP contribution >= 0.6 is 23.2 Å². The third-order valence-corrected chi connectivity index (χ3v) is 8.34. The summed E-state index contributed by atoms with van der Waals surface area (Å²) in [5, 5.41) is 1.87. The number of halogens is 1. The predicted octanol–water partition coefficient (Wildman–Crippen LogP) is 4.65. The van der Waals surface area contributed by atoms with Gasteiger partial charge in [0, 0.05) is 29.4 Å². The minimum absolute atomic E-state index is 0.370. The van der Waals surface area contributed by atoms with Crippen LogP contribution in [0.3, 0.4) is 0 Å². The van der Waals surface area contributed by atoms with Gasteiger partial charge < -0.3 is 4.57 Å². The van der Waals surface area contributed by atoms with Gasteiger partial charge in [-0.15, -0.1) is 0 Å². The molecule has 0 N–H and O–H groups in total. The van der Waals surface area contributed by atoms with Crippen LogP contribution in [-0.4, -0.2) is 22.6 Å². The highest BCUT2D eigenvalue weighted by molar-refractivity contribution is 9.09. The molecule has 1 aliphatic rings. The molecule has 0 saturated carbocycles. The van der Waals surface area contributed by atoms with Crippen molar-refractivity contribution in [3.05, 3.63) is 66.2 Å². The van der Waals surface area contributed by atoms with Gasteiger partial charge in [0.1, 0.15) is 0 Å². The van der Waals surface area contributed by atoms with Crippen LogP contribution in [0.2, 0.25) is 0 Å². The van der Waals surface area contributed by atoms with Crippen molar-refractivity contribution in [2.45, 2.75) is 25.0 Å². The fourth-order valence-corrected chi connectivity index (χ4v) is 7.32. The van der Waals surface area contributed by atoms with Crippen molar-refractivity contribution in [1.29, 1.82) is 0 Å². The third kappa shape index (κ3) is 3.22. The first-order valence-corrected chi connectivity index (χ1v) is 10.7. The average molecular weight is 378 g/mol. The maximum Gasteiger partial charge on any atom is 0.183 e. The summed E-state index contributed by atoms with van der Waals surface area (Å²) in [4.78, 5) is 0. The Morgan fingerprint density at radius 2 is 1.68 bits per heavy atom. The molecule has 2 atom stereocenters. The summed E-state index contributed by atoms with van der Waals surface area (Å²) in [7, 11) is -2.61. The molecule has 3 rings (SSSR count). The van der Waals surface area contributed by atoms with E-state index in [0.29, 0.717) is 12.2 Å². The second-order valence-electron chi connectivity index (χ2n) is 5.79. The van der Waals surface area contributed by atoms with E-state index in [2.05, 4.69) is 32.7 Å². The van der Waals surface area contributed by atoms with E-state index in [1.807, 2.05) is 48.5 Å². The van der Waals surface area contributed by atoms with E-state index in [1.165, 1.54) is 0 Å². The number of hydrogen-bond acceptors (Lipinski definition) is 1. The lowest BCUT2D eigenvalue weighted by Crippen LogP contribution is -2.32. The van der Waals surface area contributed by atoms with Crippen LogP contribution in [0.5, 0.6) is 0 Å². The van der Waals surface area contributed by atoms with Crippen LogP contribution in [0.4, 0.5) is 0 Å². The fourth-order valence-electron chi connectivity index (χ4n) is 3.22. The Labute approximate surface area is 141 Å². The van der Waals surface area contributed by atoms with Crippen LogP contribution in [0, 0.1) is 0 Å². The third-order valence-electron chi connectivity index (χ3n) is 4.34. The first-order chi connectivity index (χ1) is 10.7. The van der Waals surface area contributed by atoms with Gasteiger partial charge in [-0.3, -0.25) is 0 Å². The standard InChI is InChI=1S/C18H21BrNOP/c19-14-17-10-7-13-20(17)22(21,18-11-5-2-6-12-18)15-16-8-3-1-4-9-16/h1-6,8-9,11-12,17H,7,10,13-15H2/t17-,22-/m1/s1. The summed E-state index contributed by atoms with van der Waals surface area (Å²) in [6.07, 6.45) is 2.86. The molecule has 1 saturated heterocycles. The Kier molecular flexibility index (Phi) is 5.18. The zero-order valence-corrected chi connectivity index (χ0v) is 15.0. The van der Waals surface area contributed by atoms with Crippen molar-refractivity contribution in [2.24, 2.45) is 0 Å². The van der Waals surface area contributed by atoms with Gasteiger partial charge in [-0.05, 0) is 18.4 Å². The molecule has 2 nitrogen and oxygen atoms in total. The van der Waals surface area contributed by atoms with Gasteiger partial charge in [-0.25, -0.2) is 4.67 Å². The summed E-state index contributed by atoms with van der Waals surface area (Å²) < 4.78 is 16.3. The zero-order chi connectivity index (χ0) is 15.4. The largest absolute Gasteiger partial charge is 0.301 e. The van der Waals surface area contributed by atoms with Gasteiger partial charge >= 0.3 is 0 Å². The molecule has 0 unspecified atom stereocenters. The number of alkyl halides is 1. The molecule has 1 fully saturated rings. The molecule has 0 aromatic heterocycles. The SMILES string of the molecule is O=[P@](Cc1ccccc1)(c1ccccc1)N1CCC[C@@H]1CBr. The molecule has 0 spiro atoms. The van der Waals surface area contributed by atoms with Crippen molar-refractivity contribution in [3.8, 4) is 0 Å². The van der Waals surface area contributed by atoms with Crippen molar-refractivity contribution < 1.29 is 4.57 Å². The van der Waals surface area contributed by atoms with Crippen molar-refractivity contribution in [2.75, 3.05) is 11.9 Å². The molecule has 0 amide bonds. The van der Waals surface area contributed by atoms with Gasteiger partial charge in [0.25, 0.3) is 0 Å². The lowest BCUT2D eigenvalue weighted by molar-refractivity contribution is 0.417. The van der Waals surface area contributed by atoms with E-state index in [9.17, 15) is 4.57 Å². The zero-order valence-electron chi connectivity index (χ0n) is 12.6. The fraction of sp³-hybridized carbons (Fsp3) is 0.333. The molecule has 0 aliphatic carbocycles. The second kappa shape index (κ2) is 7.12. The van der Waals surface area contributed by atoms with E-state index in [-0.39, 0.29) is 0 Å². The lowest BCUT2D eigenvalue weighted by Gasteiger charge is -2.33. The van der Waals surface area contributed by atoms with Crippen molar-refractivity contribution >= 4 is 28.5 Å².